The summed E-state index contributed by atoms with van der Waals surface area (Å²) in [5.41, 5.74) is 1.20. The van der Waals surface area contributed by atoms with Crippen molar-refractivity contribution in [1.29, 1.82) is 0 Å². The second kappa shape index (κ2) is 13.8. The number of carbonyl (C=O) groups is 2. The van der Waals surface area contributed by atoms with E-state index in [1.807, 2.05) is 6.07 Å². The van der Waals surface area contributed by atoms with Gasteiger partial charge in [0.05, 0.1) is 25.8 Å². The summed E-state index contributed by atoms with van der Waals surface area (Å²) in [6.45, 7) is 7.66. The van der Waals surface area contributed by atoms with E-state index in [1.165, 1.54) is 0 Å². The number of likely N-dealkylation sites (tertiary alicyclic amines) is 1. The van der Waals surface area contributed by atoms with Crippen LogP contribution in [0.25, 0.3) is 5.76 Å². The monoisotopic (exact) mass is 508 g/mol. The molecule has 7 heteroatoms. The molecule has 200 valence electrons. The number of ketones is 1. The summed E-state index contributed by atoms with van der Waals surface area (Å²) in [4.78, 5) is 30.7. The van der Waals surface area contributed by atoms with E-state index < -0.39 is 17.7 Å². The molecule has 1 amide bonds. The fourth-order valence-corrected chi connectivity index (χ4v) is 4.79. The number of hydrogen-bond acceptors (Lipinski definition) is 6. The van der Waals surface area contributed by atoms with Gasteiger partial charge in [-0.25, -0.2) is 0 Å². The van der Waals surface area contributed by atoms with Crippen LogP contribution in [0.2, 0.25) is 0 Å². The highest BCUT2D eigenvalue weighted by Crippen LogP contribution is 2.43. The van der Waals surface area contributed by atoms with Crippen molar-refractivity contribution in [2.75, 3.05) is 40.4 Å². The zero-order valence-corrected chi connectivity index (χ0v) is 22.5. The summed E-state index contributed by atoms with van der Waals surface area (Å²) < 4.78 is 11.0. The SMILES string of the molecule is CCCCN(CCCC)CCCN1C(=O)C(=O)/C(=C(/O)c2ccccc2)C1c1ccc(OC)cc1OC. The lowest BCUT2D eigenvalue weighted by Gasteiger charge is -2.28. The van der Waals surface area contributed by atoms with E-state index in [0.29, 0.717) is 29.2 Å². The molecule has 1 N–H and O–H groups in total. The summed E-state index contributed by atoms with van der Waals surface area (Å²) in [6.07, 6.45) is 5.26. The first kappa shape index (κ1) is 28.3. The lowest BCUT2D eigenvalue weighted by molar-refractivity contribution is -0.140. The predicted molar refractivity (Wildman–Crippen MR) is 146 cm³/mol. The number of aliphatic hydroxyl groups is 1. The second-order valence-corrected chi connectivity index (χ2v) is 9.37. The van der Waals surface area contributed by atoms with Crippen molar-refractivity contribution < 1.29 is 24.2 Å². The van der Waals surface area contributed by atoms with Gasteiger partial charge in [-0.2, -0.15) is 0 Å². The summed E-state index contributed by atoms with van der Waals surface area (Å²) in [6, 6.07) is 13.4. The van der Waals surface area contributed by atoms with Crippen molar-refractivity contribution in [2.24, 2.45) is 0 Å². The zero-order valence-electron chi connectivity index (χ0n) is 22.5. The molecule has 0 saturated carbocycles. The Morgan fingerprint density at radius 1 is 0.919 bits per heavy atom. The van der Waals surface area contributed by atoms with Gasteiger partial charge in [-0.3, -0.25) is 9.59 Å². The Hall–Kier alpha value is -3.32. The number of aliphatic hydroxyl groups excluding tert-OH is 1. The average molecular weight is 509 g/mol. The Labute approximate surface area is 220 Å². The third kappa shape index (κ3) is 6.72. The van der Waals surface area contributed by atoms with Crippen LogP contribution in [-0.2, 0) is 9.59 Å². The minimum absolute atomic E-state index is 0.0773. The Kier molecular flexibility index (Phi) is 10.6. The fraction of sp³-hybridized carbons (Fsp3) is 0.467. The van der Waals surface area contributed by atoms with Crippen LogP contribution in [0.4, 0.5) is 0 Å². The number of unbranched alkanes of at least 4 members (excludes halogenated alkanes) is 2. The summed E-state index contributed by atoms with van der Waals surface area (Å²) in [5.74, 6) is -0.380. The molecule has 0 bridgehead atoms. The van der Waals surface area contributed by atoms with Crippen molar-refractivity contribution in [3.05, 3.63) is 65.2 Å². The van der Waals surface area contributed by atoms with E-state index in [-0.39, 0.29) is 11.3 Å². The molecule has 1 aliphatic heterocycles. The van der Waals surface area contributed by atoms with E-state index in [1.54, 1.807) is 61.6 Å². The highest BCUT2D eigenvalue weighted by molar-refractivity contribution is 6.46. The lowest BCUT2D eigenvalue weighted by atomic mass is 9.94. The van der Waals surface area contributed by atoms with E-state index >= 15 is 0 Å². The maximum absolute atomic E-state index is 13.3. The molecule has 1 fully saturated rings. The Bertz CT molecular complexity index is 1070. The number of Topliss-reactive ketones (excluding diaryl/α,β-unsaturated/α-hetero) is 1. The smallest absolute Gasteiger partial charge is 0.295 e. The quantitative estimate of drug-likeness (QED) is 0.209. The molecule has 0 aliphatic carbocycles. The Morgan fingerprint density at radius 3 is 2.16 bits per heavy atom. The van der Waals surface area contributed by atoms with Crippen LogP contribution in [0, 0.1) is 0 Å². The van der Waals surface area contributed by atoms with E-state index in [2.05, 4.69) is 18.7 Å². The van der Waals surface area contributed by atoms with Crippen molar-refractivity contribution in [2.45, 2.75) is 52.0 Å². The normalized spacial score (nSPS) is 17.0. The van der Waals surface area contributed by atoms with Crippen LogP contribution in [0.1, 0.15) is 63.1 Å². The van der Waals surface area contributed by atoms with E-state index in [9.17, 15) is 14.7 Å². The van der Waals surface area contributed by atoms with Crippen LogP contribution < -0.4 is 9.47 Å². The van der Waals surface area contributed by atoms with Crippen LogP contribution >= 0.6 is 0 Å². The molecule has 0 aromatic heterocycles. The third-order valence-electron chi connectivity index (χ3n) is 6.85. The van der Waals surface area contributed by atoms with Crippen LogP contribution in [0.15, 0.2) is 54.1 Å². The molecule has 7 nitrogen and oxygen atoms in total. The number of benzene rings is 2. The maximum atomic E-state index is 13.3. The second-order valence-electron chi connectivity index (χ2n) is 9.37. The lowest BCUT2D eigenvalue weighted by Crippen LogP contribution is -2.34. The number of hydrogen-bond donors (Lipinski definition) is 1. The van der Waals surface area contributed by atoms with Crippen molar-refractivity contribution in [3.63, 3.8) is 0 Å². The standard InChI is InChI=1S/C30H40N2O5/c1-5-7-17-31(18-8-6-2)19-12-20-32-27(24-16-15-23(36-3)21-25(24)37-4)26(29(34)30(32)35)28(33)22-13-10-9-11-14-22/h9-11,13-16,21,27,33H,5-8,12,17-20H2,1-4H3/b28-26+. The fourth-order valence-electron chi connectivity index (χ4n) is 4.79. The van der Waals surface area contributed by atoms with E-state index in [0.717, 1.165) is 51.7 Å². The third-order valence-corrected chi connectivity index (χ3v) is 6.85. The van der Waals surface area contributed by atoms with Crippen molar-refractivity contribution in [3.8, 4) is 11.5 Å². The van der Waals surface area contributed by atoms with Crippen molar-refractivity contribution in [1.82, 2.24) is 9.80 Å². The van der Waals surface area contributed by atoms with Gasteiger partial charge in [0.2, 0.25) is 0 Å². The van der Waals surface area contributed by atoms with Gasteiger partial charge in [-0.15, -0.1) is 0 Å². The maximum Gasteiger partial charge on any atom is 0.295 e. The van der Waals surface area contributed by atoms with Gasteiger partial charge in [0.15, 0.2) is 0 Å². The first-order valence-electron chi connectivity index (χ1n) is 13.2. The Morgan fingerprint density at radius 2 is 1.57 bits per heavy atom. The number of ether oxygens (including phenoxy) is 2. The van der Waals surface area contributed by atoms with Crippen LogP contribution in [-0.4, -0.2) is 67.0 Å². The molecular weight excluding hydrogens is 468 g/mol. The number of nitrogens with zero attached hydrogens (tertiary/aromatic N) is 2. The average Bonchev–Trinajstić information content (AvgIpc) is 3.18. The highest BCUT2D eigenvalue weighted by atomic mass is 16.5. The van der Waals surface area contributed by atoms with Gasteiger partial charge in [0.25, 0.3) is 11.7 Å². The first-order chi connectivity index (χ1) is 18.0. The number of methoxy groups -OCH3 is 2. The molecule has 2 aromatic carbocycles. The molecule has 1 aliphatic rings. The molecule has 0 radical (unpaired) electrons. The predicted octanol–water partition coefficient (Wildman–Crippen LogP) is 5.42. The molecule has 1 saturated heterocycles. The number of carbonyl (C=O) groups excluding carboxylic acids is 2. The zero-order chi connectivity index (χ0) is 26.8. The minimum Gasteiger partial charge on any atom is -0.507 e. The van der Waals surface area contributed by atoms with Gasteiger partial charge < -0.3 is 24.4 Å². The molecular formula is C30H40N2O5. The molecule has 1 unspecified atom stereocenters. The summed E-state index contributed by atoms with van der Waals surface area (Å²) in [7, 11) is 3.11. The highest BCUT2D eigenvalue weighted by Gasteiger charge is 2.46. The number of amides is 1. The topological polar surface area (TPSA) is 79.3 Å². The largest absolute Gasteiger partial charge is 0.507 e. The summed E-state index contributed by atoms with van der Waals surface area (Å²) >= 11 is 0. The van der Waals surface area contributed by atoms with Gasteiger partial charge in [-0.1, -0.05) is 57.0 Å². The summed E-state index contributed by atoms with van der Waals surface area (Å²) in [5, 5.41) is 11.2. The molecule has 37 heavy (non-hydrogen) atoms. The molecule has 1 atom stereocenters. The molecule has 0 spiro atoms. The molecule has 2 aromatic rings. The molecule has 3 rings (SSSR count). The number of rotatable bonds is 14. The van der Waals surface area contributed by atoms with Gasteiger partial charge in [-0.05, 0) is 51.0 Å². The van der Waals surface area contributed by atoms with E-state index in [4.69, 9.17) is 9.47 Å². The minimum atomic E-state index is -0.763. The van der Waals surface area contributed by atoms with Gasteiger partial charge in [0.1, 0.15) is 17.3 Å². The van der Waals surface area contributed by atoms with Crippen LogP contribution in [0.5, 0.6) is 11.5 Å². The van der Waals surface area contributed by atoms with Gasteiger partial charge >= 0.3 is 0 Å². The molecule has 1 heterocycles. The van der Waals surface area contributed by atoms with Crippen LogP contribution in [0.3, 0.4) is 0 Å². The first-order valence-corrected chi connectivity index (χ1v) is 13.2. The Balaban J connectivity index is 1.98. The van der Waals surface area contributed by atoms with Gasteiger partial charge in [0, 0.05) is 23.7 Å². The van der Waals surface area contributed by atoms with Crippen molar-refractivity contribution >= 4 is 17.4 Å².